The van der Waals surface area contributed by atoms with E-state index in [4.69, 9.17) is 9.15 Å². The highest BCUT2D eigenvalue weighted by Crippen LogP contribution is 2.28. The molecule has 5 nitrogen and oxygen atoms in total. The van der Waals surface area contributed by atoms with Crippen LogP contribution in [0.5, 0.6) is 5.75 Å². The number of nitrogens with zero attached hydrogens (tertiary/aromatic N) is 2. The molecule has 0 saturated carbocycles. The number of rotatable bonds is 6. The number of Topliss-reactive ketones (excluding diaryl/α,β-unsaturated/α-hetero) is 1. The van der Waals surface area contributed by atoms with Crippen molar-refractivity contribution in [3.8, 4) is 17.2 Å². The number of carbonyl (C=O) groups is 1. The molecule has 0 aliphatic carbocycles. The first-order valence-corrected chi connectivity index (χ1v) is 9.73. The summed E-state index contributed by atoms with van der Waals surface area (Å²) in [6.45, 7) is 0. The maximum Gasteiger partial charge on any atom is 0.277 e. The van der Waals surface area contributed by atoms with Gasteiger partial charge in [0.25, 0.3) is 5.22 Å². The van der Waals surface area contributed by atoms with Gasteiger partial charge in [-0.05, 0) is 52.3 Å². The quantitative estimate of drug-likeness (QED) is 0.352. The normalized spacial score (nSPS) is 10.7. The van der Waals surface area contributed by atoms with Crippen LogP contribution in [0.1, 0.15) is 10.4 Å². The van der Waals surface area contributed by atoms with Crippen LogP contribution >= 0.6 is 43.6 Å². The molecule has 1 heterocycles. The summed E-state index contributed by atoms with van der Waals surface area (Å²) in [6.07, 6.45) is 0. The highest BCUT2D eigenvalue weighted by molar-refractivity contribution is 9.10. The Kier molecular flexibility index (Phi) is 5.93. The smallest absolute Gasteiger partial charge is 0.277 e. The van der Waals surface area contributed by atoms with E-state index in [1.165, 1.54) is 11.8 Å². The Morgan fingerprint density at radius 3 is 2.76 bits per heavy atom. The van der Waals surface area contributed by atoms with E-state index in [-0.39, 0.29) is 11.5 Å². The summed E-state index contributed by atoms with van der Waals surface area (Å²) < 4.78 is 12.4. The molecular formula is C17H12Br2N2O3S. The third-order valence-electron chi connectivity index (χ3n) is 3.28. The van der Waals surface area contributed by atoms with Gasteiger partial charge in [-0.2, -0.15) is 0 Å². The van der Waals surface area contributed by atoms with Crippen LogP contribution in [0.2, 0.25) is 0 Å². The van der Waals surface area contributed by atoms with E-state index in [0.717, 1.165) is 14.5 Å². The number of ether oxygens (including phenoxy) is 1. The molecule has 0 aliphatic heterocycles. The molecule has 2 aromatic carbocycles. The lowest BCUT2D eigenvalue weighted by Crippen LogP contribution is -2.02. The monoisotopic (exact) mass is 482 g/mol. The first-order valence-electron chi connectivity index (χ1n) is 7.16. The molecule has 3 rings (SSSR count). The minimum atomic E-state index is -0.0319. The second-order valence-corrected chi connectivity index (χ2v) is 7.64. The number of carbonyl (C=O) groups excluding carboxylic acids is 1. The van der Waals surface area contributed by atoms with Crippen molar-refractivity contribution in [3.63, 3.8) is 0 Å². The van der Waals surface area contributed by atoms with Crippen molar-refractivity contribution in [2.24, 2.45) is 0 Å². The van der Waals surface area contributed by atoms with Crippen LogP contribution in [0.25, 0.3) is 11.5 Å². The van der Waals surface area contributed by atoms with Gasteiger partial charge in [-0.1, -0.05) is 33.8 Å². The molecule has 0 saturated heterocycles. The maximum atomic E-state index is 12.3. The van der Waals surface area contributed by atoms with E-state index in [1.54, 1.807) is 25.3 Å². The molecule has 0 spiro atoms. The van der Waals surface area contributed by atoms with E-state index in [0.29, 0.717) is 22.4 Å². The molecule has 0 N–H and O–H groups in total. The van der Waals surface area contributed by atoms with Gasteiger partial charge in [0.1, 0.15) is 5.75 Å². The first kappa shape index (κ1) is 18.2. The lowest BCUT2D eigenvalue weighted by atomic mass is 10.1. The maximum absolute atomic E-state index is 12.3. The molecule has 0 atom stereocenters. The van der Waals surface area contributed by atoms with Crippen molar-refractivity contribution >= 4 is 49.4 Å². The fourth-order valence-electron chi connectivity index (χ4n) is 2.06. The van der Waals surface area contributed by atoms with Crippen LogP contribution in [0.3, 0.4) is 0 Å². The van der Waals surface area contributed by atoms with E-state index < -0.39 is 0 Å². The number of benzene rings is 2. The fraction of sp³-hybridized carbons (Fsp3) is 0.118. The fourth-order valence-corrected chi connectivity index (χ4v) is 3.65. The summed E-state index contributed by atoms with van der Waals surface area (Å²) in [4.78, 5) is 12.3. The molecule has 3 aromatic rings. The number of methoxy groups -OCH3 is 1. The minimum Gasteiger partial charge on any atom is -0.496 e. The van der Waals surface area contributed by atoms with Gasteiger partial charge in [0.2, 0.25) is 5.89 Å². The van der Waals surface area contributed by atoms with Crippen LogP contribution in [-0.4, -0.2) is 28.8 Å². The van der Waals surface area contributed by atoms with Crippen LogP contribution in [0.4, 0.5) is 0 Å². The summed E-state index contributed by atoms with van der Waals surface area (Å²) in [6, 6.07) is 12.8. The highest BCUT2D eigenvalue weighted by Gasteiger charge is 2.14. The van der Waals surface area contributed by atoms with Gasteiger partial charge in [0.05, 0.1) is 17.3 Å². The van der Waals surface area contributed by atoms with Crippen molar-refractivity contribution in [1.29, 1.82) is 0 Å². The van der Waals surface area contributed by atoms with Crippen LogP contribution in [-0.2, 0) is 0 Å². The van der Waals surface area contributed by atoms with Gasteiger partial charge in [0.15, 0.2) is 5.78 Å². The lowest BCUT2D eigenvalue weighted by Gasteiger charge is -2.05. The number of ketones is 1. The third-order valence-corrected chi connectivity index (χ3v) is 5.21. The first-order chi connectivity index (χ1) is 12.1. The van der Waals surface area contributed by atoms with Crippen molar-refractivity contribution in [3.05, 3.63) is 57.0 Å². The van der Waals surface area contributed by atoms with Crippen LogP contribution in [0.15, 0.2) is 61.0 Å². The molecule has 0 aliphatic rings. The van der Waals surface area contributed by atoms with E-state index in [2.05, 4.69) is 42.1 Å². The Morgan fingerprint density at radius 2 is 2.04 bits per heavy atom. The van der Waals surface area contributed by atoms with Crippen LogP contribution in [0, 0.1) is 0 Å². The largest absolute Gasteiger partial charge is 0.496 e. The molecule has 0 radical (unpaired) electrons. The van der Waals surface area contributed by atoms with E-state index in [1.807, 2.05) is 24.3 Å². The second kappa shape index (κ2) is 8.16. The van der Waals surface area contributed by atoms with Gasteiger partial charge in [-0.3, -0.25) is 4.79 Å². The van der Waals surface area contributed by atoms with Crippen molar-refractivity contribution < 1.29 is 13.9 Å². The van der Waals surface area contributed by atoms with Crippen molar-refractivity contribution in [2.75, 3.05) is 12.9 Å². The van der Waals surface area contributed by atoms with E-state index in [9.17, 15) is 4.79 Å². The highest BCUT2D eigenvalue weighted by atomic mass is 79.9. The Bertz CT molecular complexity index is 914. The molecule has 0 bridgehead atoms. The van der Waals surface area contributed by atoms with Crippen molar-refractivity contribution in [1.82, 2.24) is 10.2 Å². The zero-order valence-corrected chi connectivity index (χ0v) is 17.0. The van der Waals surface area contributed by atoms with Crippen molar-refractivity contribution in [2.45, 2.75) is 5.22 Å². The van der Waals surface area contributed by atoms with Gasteiger partial charge in [-0.25, -0.2) is 0 Å². The lowest BCUT2D eigenvalue weighted by molar-refractivity contribution is 0.102. The summed E-state index contributed by atoms with van der Waals surface area (Å²) >= 11 is 7.99. The number of thioether (sulfide) groups is 1. The van der Waals surface area contributed by atoms with Gasteiger partial charge >= 0.3 is 0 Å². The number of hydrogen-bond donors (Lipinski definition) is 0. The standard InChI is InChI=1S/C17H12Br2N2O3S/c1-23-15-6-5-10(8-13(15)19)14(22)9-25-17-21-20-16(24-17)11-3-2-4-12(18)7-11/h2-8H,9H2,1H3. The molecule has 0 amide bonds. The SMILES string of the molecule is COc1ccc(C(=O)CSc2nnc(-c3cccc(Br)c3)o2)cc1Br. The molecule has 25 heavy (non-hydrogen) atoms. The zero-order chi connectivity index (χ0) is 17.8. The number of halogens is 2. The Hall–Kier alpha value is -1.64. The van der Waals surface area contributed by atoms with Crippen LogP contribution < -0.4 is 4.74 Å². The van der Waals surface area contributed by atoms with Gasteiger partial charge in [0, 0.05) is 15.6 Å². The average Bonchev–Trinajstić information content (AvgIpc) is 3.08. The summed E-state index contributed by atoms with van der Waals surface area (Å²) in [5, 5.41) is 8.36. The average molecular weight is 484 g/mol. The zero-order valence-electron chi connectivity index (χ0n) is 13.0. The Labute approximate surface area is 165 Å². The molecule has 0 unspecified atom stereocenters. The summed E-state index contributed by atoms with van der Waals surface area (Å²) in [5.74, 6) is 1.28. The molecule has 1 aromatic heterocycles. The topological polar surface area (TPSA) is 65.2 Å². The molecular weight excluding hydrogens is 472 g/mol. The molecule has 8 heteroatoms. The molecule has 128 valence electrons. The Morgan fingerprint density at radius 1 is 1.20 bits per heavy atom. The van der Waals surface area contributed by atoms with Gasteiger partial charge in [-0.15, -0.1) is 10.2 Å². The second-order valence-electron chi connectivity index (χ2n) is 4.94. The third kappa shape index (κ3) is 4.50. The predicted octanol–water partition coefficient (Wildman–Crippen LogP) is 5.25. The number of aromatic nitrogens is 2. The number of hydrogen-bond acceptors (Lipinski definition) is 6. The predicted molar refractivity (Wildman–Crippen MR) is 103 cm³/mol. The Balaban J connectivity index is 1.66. The minimum absolute atomic E-state index is 0.0319. The summed E-state index contributed by atoms with van der Waals surface area (Å²) in [5.41, 5.74) is 1.41. The molecule has 0 fully saturated rings. The summed E-state index contributed by atoms with van der Waals surface area (Å²) in [7, 11) is 1.58. The van der Waals surface area contributed by atoms with Gasteiger partial charge < -0.3 is 9.15 Å². The van der Waals surface area contributed by atoms with E-state index >= 15 is 0 Å².